The van der Waals surface area contributed by atoms with Gasteiger partial charge in [-0.2, -0.15) is 4.68 Å². The summed E-state index contributed by atoms with van der Waals surface area (Å²) < 4.78 is 1.30. The van der Waals surface area contributed by atoms with E-state index in [1.54, 1.807) is 6.20 Å². The molecular weight excluding hydrogens is 264 g/mol. The SMILES string of the molecule is CC(=O)Nc1nn(C(C)=O)c2c1cnc1sccc12. The Bertz CT molecular complexity index is 818. The van der Waals surface area contributed by atoms with Crippen molar-refractivity contribution in [3.05, 3.63) is 17.6 Å². The first kappa shape index (κ1) is 11.8. The highest BCUT2D eigenvalue weighted by atomic mass is 32.1. The number of carbonyl (C=O) groups excluding carboxylic acids is 2. The van der Waals surface area contributed by atoms with E-state index in [1.165, 1.54) is 29.9 Å². The molecule has 0 saturated heterocycles. The van der Waals surface area contributed by atoms with Gasteiger partial charge in [-0.25, -0.2) is 4.98 Å². The molecule has 3 aromatic heterocycles. The van der Waals surface area contributed by atoms with Crippen LogP contribution in [0, 0.1) is 0 Å². The zero-order valence-electron chi connectivity index (χ0n) is 10.3. The van der Waals surface area contributed by atoms with Crippen molar-refractivity contribution in [3.8, 4) is 0 Å². The van der Waals surface area contributed by atoms with E-state index in [4.69, 9.17) is 0 Å². The topological polar surface area (TPSA) is 76.9 Å². The second-order valence-electron chi connectivity index (χ2n) is 4.12. The van der Waals surface area contributed by atoms with Crippen molar-refractivity contribution in [1.82, 2.24) is 14.8 Å². The normalized spacial score (nSPS) is 11.1. The molecule has 0 fully saturated rings. The second kappa shape index (κ2) is 4.13. The number of pyridine rings is 1. The van der Waals surface area contributed by atoms with Gasteiger partial charge in [0.05, 0.1) is 10.9 Å². The van der Waals surface area contributed by atoms with Crippen LogP contribution in [0.1, 0.15) is 18.6 Å². The van der Waals surface area contributed by atoms with Gasteiger partial charge in [0.2, 0.25) is 11.8 Å². The summed E-state index contributed by atoms with van der Waals surface area (Å²) in [4.78, 5) is 28.0. The number of fused-ring (bicyclic) bond motifs is 3. The molecule has 19 heavy (non-hydrogen) atoms. The van der Waals surface area contributed by atoms with Crippen molar-refractivity contribution in [2.24, 2.45) is 0 Å². The fraction of sp³-hybridized carbons (Fsp3) is 0.167. The molecule has 0 spiro atoms. The summed E-state index contributed by atoms with van der Waals surface area (Å²) in [5.74, 6) is -0.0841. The van der Waals surface area contributed by atoms with Crippen LogP contribution in [0.5, 0.6) is 0 Å². The van der Waals surface area contributed by atoms with Gasteiger partial charge >= 0.3 is 0 Å². The number of hydrogen-bond acceptors (Lipinski definition) is 5. The van der Waals surface area contributed by atoms with Gasteiger partial charge in [0.1, 0.15) is 4.83 Å². The number of hydrogen-bond donors (Lipinski definition) is 1. The molecule has 6 nitrogen and oxygen atoms in total. The first-order chi connectivity index (χ1) is 9.08. The van der Waals surface area contributed by atoms with E-state index < -0.39 is 0 Å². The molecule has 1 amide bonds. The molecule has 0 aromatic carbocycles. The van der Waals surface area contributed by atoms with Crippen LogP contribution in [0.25, 0.3) is 21.1 Å². The highest BCUT2D eigenvalue weighted by molar-refractivity contribution is 7.16. The molecule has 0 bridgehead atoms. The molecule has 1 N–H and O–H groups in total. The minimum absolute atomic E-state index is 0.208. The molecule has 0 radical (unpaired) electrons. The predicted octanol–water partition coefficient (Wildman–Crippen LogP) is 2.26. The minimum atomic E-state index is -0.236. The number of amides is 1. The minimum Gasteiger partial charge on any atom is -0.309 e. The Balaban J connectivity index is 2.41. The van der Waals surface area contributed by atoms with Crippen LogP contribution < -0.4 is 5.32 Å². The molecule has 7 heteroatoms. The van der Waals surface area contributed by atoms with Crippen LogP contribution in [0.2, 0.25) is 0 Å². The van der Waals surface area contributed by atoms with Gasteiger partial charge in [-0.05, 0) is 11.4 Å². The highest BCUT2D eigenvalue weighted by Crippen LogP contribution is 2.31. The summed E-state index contributed by atoms with van der Waals surface area (Å²) in [6.45, 7) is 2.83. The van der Waals surface area contributed by atoms with Crippen molar-refractivity contribution in [3.63, 3.8) is 0 Å². The molecule has 0 aliphatic rings. The molecule has 3 rings (SSSR count). The van der Waals surface area contributed by atoms with E-state index in [0.29, 0.717) is 16.7 Å². The summed E-state index contributed by atoms with van der Waals surface area (Å²) in [6, 6.07) is 1.90. The fourth-order valence-corrected chi connectivity index (χ4v) is 2.74. The van der Waals surface area contributed by atoms with E-state index in [9.17, 15) is 9.59 Å². The summed E-state index contributed by atoms with van der Waals surface area (Å²) in [7, 11) is 0. The van der Waals surface area contributed by atoms with Gasteiger partial charge in [-0.15, -0.1) is 16.4 Å². The smallest absolute Gasteiger partial charge is 0.244 e. The van der Waals surface area contributed by atoms with E-state index in [1.807, 2.05) is 11.4 Å². The summed E-state index contributed by atoms with van der Waals surface area (Å²) in [6.07, 6.45) is 1.63. The van der Waals surface area contributed by atoms with Crippen LogP contribution in [0.3, 0.4) is 0 Å². The lowest BCUT2D eigenvalue weighted by Crippen LogP contribution is -2.10. The first-order valence-corrected chi connectivity index (χ1v) is 6.49. The Labute approximate surface area is 112 Å². The lowest BCUT2D eigenvalue weighted by atomic mass is 10.2. The third-order valence-corrected chi connectivity index (χ3v) is 3.55. The third-order valence-electron chi connectivity index (χ3n) is 2.73. The third kappa shape index (κ3) is 1.78. The summed E-state index contributed by atoms with van der Waals surface area (Å²) in [5, 5.41) is 10.2. The molecule has 0 aliphatic heterocycles. The largest absolute Gasteiger partial charge is 0.309 e. The van der Waals surface area contributed by atoms with E-state index in [2.05, 4.69) is 15.4 Å². The number of thiophene rings is 1. The zero-order chi connectivity index (χ0) is 13.6. The molecule has 0 unspecified atom stereocenters. The van der Waals surface area contributed by atoms with Crippen LogP contribution in [-0.2, 0) is 4.79 Å². The summed E-state index contributed by atoms with van der Waals surface area (Å²) >= 11 is 1.49. The lowest BCUT2D eigenvalue weighted by Gasteiger charge is -1.97. The maximum atomic E-state index is 11.7. The van der Waals surface area contributed by atoms with Crippen molar-refractivity contribution in [1.29, 1.82) is 0 Å². The van der Waals surface area contributed by atoms with Gasteiger partial charge in [0.25, 0.3) is 0 Å². The van der Waals surface area contributed by atoms with Crippen LogP contribution in [0.15, 0.2) is 17.6 Å². The van der Waals surface area contributed by atoms with Crippen molar-refractivity contribution >= 4 is 50.1 Å². The summed E-state index contributed by atoms with van der Waals surface area (Å²) in [5.41, 5.74) is 0.683. The number of rotatable bonds is 1. The van der Waals surface area contributed by atoms with Crippen LogP contribution >= 0.6 is 11.3 Å². The Hall–Kier alpha value is -2.28. The van der Waals surface area contributed by atoms with Crippen LogP contribution in [-0.4, -0.2) is 26.6 Å². The fourth-order valence-electron chi connectivity index (χ4n) is 2.00. The Morgan fingerprint density at radius 2 is 2.11 bits per heavy atom. The van der Waals surface area contributed by atoms with Crippen LogP contribution in [0.4, 0.5) is 5.82 Å². The highest BCUT2D eigenvalue weighted by Gasteiger charge is 2.17. The van der Waals surface area contributed by atoms with Crippen molar-refractivity contribution < 1.29 is 9.59 Å². The van der Waals surface area contributed by atoms with Crippen molar-refractivity contribution in [2.75, 3.05) is 5.32 Å². The quantitative estimate of drug-likeness (QED) is 0.738. The van der Waals surface area contributed by atoms with Gasteiger partial charge in [-0.1, -0.05) is 0 Å². The number of nitrogens with zero attached hydrogens (tertiary/aromatic N) is 3. The van der Waals surface area contributed by atoms with Gasteiger partial charge in [-0.3, -0.25) is 9.59 Å². The van der Waals surface area contributed by atoms with E-state index >= 15 is 0 Å². The monoisotopic (exact) mass is 274 g/mol. The Morgan fingerprint density at radius 3 is 2.79 bits per heavy atom. The Morgan fingerprint density at radius 1 is 1.32 bits per heavy atom. The Kier molecular flexibility index (Phi) is 2.56. The van der Waals surface area contributed by atoms with Gasteiger partial charge < -0.3 is 5.32 Å². The molecule has 3 aromatic rings. The zero-order valence-corrected chi connectivity index (χ0v) is 11.1. The number of anilines is 1. The van der Waals surface area contributed by atoms with Gasteiger partial charge in [0, 0.05) is 25.4 Å². The average Bonchev–Trinajstić information content (AvgIpc) is 2.91. The maximum Gasteiger partial charge on any atom is 0.244 e. The predicted molar refractivity (Wildman–Crippen MR) is 73.5 cm³/mol. The molecule has 96 valence electrons. The molecule has 0 saturated carbocycles. The molecule has 0 atom stereocenters. The van der Waals surface area contributed by atoms with Crippen molar-refractivity contribution in [2.45, 2.75) is 13.8 Å². The van der Waals surface area contributed by atoms with Gasteiger partial charge in [0.15, 0.2) is 5.82 Å². The maximum absolute atomic E-state index is 11.7. The number of aromatic nitrogens is 3. The molecule has 0 aliphatic carbocycles. The number of nitrogens with one attached hydrogen (secondary N) is 1. The van der Waals surface area contributed by atoms with E-state index in [-0.39, 0.29) is 11.8 Å². The molecular formula is C12H10N4O2S. The number of carbonyl (C=O) groups is 2. The average molecular weight is 274 g/mol. The lowest BCUT2D eigenvalue weighted by molar-refractivity contribution is -0.114. The first-order valence-electron chi connectivity index (χ1n) is 5.61. The van der Waals surface area contributed by atoms with E-state index in [0.717, 1.165) is 10.2 Å². The molecule has 3 heterocycles. The standard InChI is InChI=1S/C12H10N4O2S/c1-6(17)14-11-9-5-13-12-8(3-4-19-12)10(9)16(15-11)7(2)18/h3-5H,1-2H3,(H,14,15,17). The second-order valence-corrected chi connectivity index (χ2v) is 5.02.